The molecular formula is C19H26N4OS. The van der Waals surface area contributed by atoms with Crippen molar-refractivity contribution >= 4 is 28.1 Å². The second kappa shape index (κ2) is 7.87. The molecule has 0 aliphatic carbocycles. The Balaban J connectivity index is 1.53. The first-order valence-electron chi connectivity index (χ1n) is 8.88. The third-order valence-corrected chi connectivity index (χ3v) is 5.65. The van der Waals surface area contributed by atoms with Gasteiger partial charge in [-0.15, -0.1) is 0 Å². The molecule has 25 heavy (non-hydrogen) atoms. The standard InChI is InChI=1S/C19H26N4OS/c1-4-20-19-22-14(3)17(25-19)18(24)21-11-15-8-9-23(12-15)16-7-5-6-13(2)10-16/h5-7,10,15H,4,8-9,11-12H2,1-3H3,(H,20,22)(H,21,24). The summed E-state index contributed by atoms with van der Waals surface area (Å²) >= 11 is 1.43. The number of thiazole rings is 1. The number of benzene rings is 1. The van der Waals surface area contributed by atoms with E-state index in [0.29, 0.717) is 10.8 Å². The number of nitrogens with one attached hydrogen (secondary N) is 2. The highest BCUT2D eigenvalue weighted by molar-refractivity contribution is 7.17. The summed E-state index contributed by atoms with van der Waals surface area (Å²) in [5.41, 5.74) is 3.36. The van der Waals surface area contributed by atoms with Gasteiger partial charge in [-0.1, -0.05) is 23.5 Å². The van der Waals surface area contributed by atoms with Crippen molar-refractivity contribution in [2.24, 2.45) is 5.92 Å². The van der Waals surface area contributed by atoms with E-state index in [4.69, 9.17) is 0 Å². The monoisotopic (exact) mass is 358 g/mol. The molecule has 0 saturated carbocycles. The van der Waals surface area contributed by atoms with Gasteiger partial charge in [-0.05, 0) is 50.8 Å². The SMILES string of the molecule is CCNc1nc(C)c(C(=O)NCC2CCN(c3cccc(C)c3)C2)s1. The van der Waals surface area contributed by atoms with E-state index in [1.54, 1.807) is 0 Å². The second-order valence-electron chi connectivity index (χ2n) is 6.61. The van der Waals surface area contributed by atoms with E-state index in [9.17, 15) is 4.79 Å². The van der Waals surface area contributed by atoms with E-state index in [0.717, 1.165) is 43.4 Å². The minimum Gasteiger partial charge on any atom is -0.371 e. The van der Waals surface area contributed by atoms with Gasteiger partial charge in [0.15, 0.2) is 5.13 Å². The lowest BCUT2D eigenvalue weighted by Crippen LogP contribution is -2.30. The van der Waals surface area contributed by atoms with E-state index in [2.05, 4.69) is 51.7 Å². The average Bonchev–Trinajstić information content (AvgIpc) is 3.20. The molecule has 2 N–H and O–H groups in total. The molecule has 0 spiro atoms. The first-order valence-corrected chi connectivity index (χ1v) is 9.69. The molecule has 1 aliphatic heterocycles. The van der Waals surface area contributed by atoms with Crippen LogP contribution in [0.2, 0.25) is 0 Å². The number of aromatic nitrogens is 1. The Morgan fingerprint density at radius 2 is 2.24 bits per heavy atom. The highest BCUT2D eigenvalue weighted by Gasteiger charge is 2.24. The van der Waals surface area contributed by atoms with Crippen LogP contribution in [0.15, 0.2) is 24.3 Å². The maximum atomic E-state index is 12.5. The minimum absolute atomic E-state index is 0.00633. The van der Waals surface area contributed by atoms with Gasteiger partial charge in [-0.2, -0.15) is 0 Å². The van der Waals surface area contributed by atoms with Gasteiger partial charge in [-0.3, -0.25) is 4.79 Å². The van der Waals surface area contributed by atoms with Crippen molar-refractivity contribution in [3.8, 4) is 0 Å². The van der Waals surface area contributed by atoms with Crippen LogP contribution in [-0.4, -0.2) is 37.1 Å². The molecule has 0 radical (unpaired) electrons. The molecule has 2 aromatic rings. The van der Waals surface area contributed by atoms with Gasteiger partial charge >= 0.3 is 0 Å². The van der Waals surface area contributed by atoms with Crippen LogP contribution in [0, 0.1) is 19.8 Å². The molecule has 1 aromatic carbocycles. The zero-order valence-corrected chi connectivity index (χ0v) is 15.9. The van der Waals surface area contributed by atoms with Crippen LogP contribution < -0.4 is 15.5 Å². The Morgan fingerprint density at radius 1 is 1.40 bits per heavy atom. The fourth-order valence-electron chi connectivity index (χ4n) is 3.21. The number of rotatable bonds is 6. The van der Waals surface area contributed by atoms with Crippen LogP contribution >= 0.6 is 11.3 Å². The Kier molecular flexibility index (Phi) is 5.58. The van der Waals surface area contributed by atoms with Crippen LogP contribution in [0.3, 0.4) is 0 Å². The van der Waals surface area contributed by atoms with Crippen molar-refractivity contribution in [1.29, 1.82) is 0 Å². The van der Waals surface area contributed by atoms with Gasteiger partial charge in [0.25, 0.3) is 5.91 Å². The molecule has 1 atom stereocenters. The largest absolute Gasteiger partial charge is 0.371 e. The Morgan fingerprint density at radius 3 is 3.00 bits per heavy atom. The molecule has 1 unspecified atom stereocenters. The Bertz CT molecular complexity index is 743. The zero-order valence-electron chi connectivity index (χ0n) is 15.1. The summed E-state index contributed by atoms with van der Waals surface area (Å²) < 4.78 is 0. The van der Waals surface area contributed by atoms with Crippen LogP contribution in [0.1, 0.15) is 34.3 Å². The van der Waals surface area contributed by atoms with Crippen molar-refractivity contribution in [2.45, 2.75) is 27.2 Å². The molecule has 0 bridgehead atoms. The highest BCUT2D eigenvalue weighted by Crippen LogP contribution is 2.25. The predicted molar refractivity (Wildman–Crippen MR) is 105 cm³/mol. The Labute approximate surface area is 153 Å². The maximum absolute atomic E-state index is 12.5. The van der Waals surface area contributed by atoms with Crippen LogP contribution in [0.25, 0.3) is 0 Å². The molecule has 1 amide bonds. The van der Waals surface area contributed by atoms with E-state index < -0.39 is 0 Å². The minimum atomic E-state index is -0.00633. The fraction of sp³-hybridized carbons (Fsp3) is 0.474. The van der Waals surface area contributed by atoms with Gasteiger partial charge < -0.3 is 15.5 Å². The molecule has 2 heterocycles. The summed E-state index contributed by atoms with van der Waals surface area (Å²) in [5.74, 6) is 0.485. The summed E-state index contributed by atoms with van der Waals surface area (Å²) in [5, 5.41) is 7.08. The third kappa shape index (κ3) is 4.31. The first kappa shape index (κ1) is 17.7. The Hall–Kier alpha value is -2.08. The molecule has 1 fully saturated rings. The molecule has 5 nitrogen and oxygen atoms in total. The topological polar surface area (TPSA) is 57.3 Å². The molecule has 3 rings (SSSR count). The second-order valence-corrected chi connectivity index (χ2v) is 7.61. The summed E-state index contributed by atoms with van der Waals surface area (Å²) in [6.07, 6.45) is 1.11. The molecule has 1 aliphatic rings. The summed E-state index contributed by atoms with van der Waals surface area (Å²) in [6.45, 7) is 9.61. The van der Waals surface area contributed by atoms with Gasteiger partial charge in [-0.25, -0.2) is 4.98 Å². The molecule has 1 saturated heterocycles. The van der Waals surface area contributed by atoms with Crippen molar-refractivity contribution in [3.05, 3.63) is 40.4 Å². The van der Waals surface area contributed by atoms with Crippen molar-refractivity contribution < 1.29 is 4.79 Å². The van der Waals surface area contributed by atoms with Gasteiger partial charge in [0.2, 0.25) is 0 Å². The van der Waals surface area contributed by atoms with E-state index in [-0.39, 0.29) is 5.91 Å². The van der Waals surface area contributed by atoms with Crippen molar-refractivity contribution in [2.75, 3.05) is 36.4 Å². The lowest BCUT2D eigenvalue weighted by atomic mass is 10.1. The van der Waals surface area contributed by atoms with Crippen molar-refractivity contribution in [1.82, 2.24) is 10.3 Å². The zero-order chi connectivity index (χ0) is 17.8. The fourth-order valence-corrected chi connectivity index (χ4v) is 4.16. The van der Waals surface area contributed by atoms with Crippen LogP contribution in [-0.2, 0) is 0 Å². The number of aryl methyl sites for hydroxylation is 2. The van der Waals surface area contributed by atoms with Gasteiger partial charge in [0.1, 0.15) is 4.88 Å². The van der Waals surface area contributed by atoms with Crippen molar-refractivity contribution in [3.63, 3.8) is 0 Å². The normalized spacial score (nSPS) is 16.9. The van der Waals surface area contributed by atoms with E-state index >= 15 is 0 Å². The maximum Gasteiger partial charge on any atom is 0.263 e. The van der Waals surface area contributed by atoms with Crippen LogP contribution in [0.5, 0.6) is 0 Å². The lowest BCUT2D eigenvalue weighted by Gasteiger charge is -2.19. The lowest BCUT2D eigenvalue weighted by molar-refractivity contribution is 0.0951. The number of amides is 1. The average molecular weight is 359 g/mol. The molecule has 6 heteroatoms. The summed E-state index contributed by atoms with van der Waals surface area (Å²) in [7, 11) is 0. The summed E-state index contributed by atoms with van der Waals surface area (Å²) in [6, 6.07) is 8.62. The smallest absolute Gasteiger partial charge is 0.263 e. The van der Waals surface area contributed by atoms with Crippen LogP contribution in [0.4, 0.5) is 10.8 Å². The van der Waals surface area contributed by atoms with E-state index in [1.807, 2.05) is 13.8 Å². The third-order valence-electron chi connectivity index (χ3n) is 4.53. The van der Waals surface area contributed by atoms with E-state index in [1.165, 1.54) is 22.6 Å². The number of carbonyl (C=O) groups is 1. The first-order chi connectivity index (χ1) is 12.1. The van der Waals surface area contributed by atoms with Gasteiger partial charge in [0, 0.05) is 31.9 Å². The molecule has 134 valence electrons. The quantitative estimate of drug-likeness (QED) is 0.830. The number of hydrogen-bond donors (Lipinski definition) is 2. The number of anilines is 2. The predicted octanol–water partition coefficient (Wildman–Crippen LogP) is 3.45. The molecule has 1 aromatic heterocycles. The number of nitrogens with zero attached hydrogens (tertiary/aromatic N) is 2. The summed E-state index contributed by atoms with van der Waals surface area (Å²) in [4.78, 5) is 20.0. The molecular weight excluding hydrogens is 332 g/mol. The number of carbonyl (C=O) groups excluding carboxylic acids is 1. The van der Waals surface area contributed by atoms with Gasteiger partial charge in [0.05, 0.1) is 5.69 Å². The number of hydrogen-bond acceptors (Lipinski definition) is 5. The highest BCUT2D eigenvalue weighted by atomic mass is 32.1.